The van der Waals surface area contributed by atoms with Gasteiger partial charge in [-0.15, -0.1) is 0 Å². The molecular formula is C30H28FN7O. The summed E-state index contributed by atoms with van der Waals surface area (Å²) >= 11 is 0. The number of aromatic nitrogens is 6. The lowest BCUT2D eigenvalue weighted by Crippen LogP contribution is -2.24. The second kappa shape index (κ2) is 10.3. The molecule has 9 heteroatoms. The summed E-state index contributed by atoms with van der Waals surface area (Å²) in [5.74, 6) is 0.247. The SMILES string of the molecule is CN(C)CCn1cc(-c2cnc3ccc(CCn4nc(-n5ccc6ccc(F)cc65)ccc4=O)cc3c2)cn1. The Kier molecular flexibility index (Phi) is 6.50. The molecule has 0 aliphatic rings. The van der Waals surface area contributed by atoms with Crippen LogP contribution in [0.4, 0.5) is 4.39 Å². The molecule has 0 spiro atoms. The lowest BCUT2D eigenvalue weighted by atomic mass is 10.1. The topological polar surface area (TPSA) is 73.8 Å². The number of fused-ring (bicyclic) bond motifs is 2. The van der Waals surface area contributed by atoms with E-state index in [2.05, 4.69) is 32.2 Å². The van der Waals surface area contributed by atoms with E-state index in [1.807, 2.05) is 61.8 Å². The summed E-state index contributed by atoms with van der Waals surface area (Å²) in [7, 11) is 4.09. The van der Waals surface area contributed by atoms with Crippen molar-refractivity contribution in [3.05, 3.63) is 107 Å². The molecule has 6 rings (SSSR count). The number of aryl methyl sites for hydroxylation is 2. The van der Waals surface area contributed by atoms with Crippen LogP contribution in [-0.4, -0.2) is 54.7 Å². The Morgan fingerprint density at radius 3 is 2.67 bits per heavy atom. The molecule has 0 fully saturated rings. The summed E-state index contributed by atoms with van der Waals surface area (Å²) in [5.41, 5.74) is 4.55. The van der Waals surface area contributed by atoms with Gasteiger partial charge in [-0.2, -0.15) is 10.2 Å². The molecule has 0 unspecified atom stereocenters. The van der Waals surface area contributed by atoms with Crippen LogP contribution in [-0.2, 0) is 19.5 Å². The van der Waals surface area contributed by atoms with Crippen LogP contribution in [0.2, 0.25) is 0 Å². The van der Waals surface area contributed by atoms with Gasteiger partial charge in [-0.1, -0.05) is 6.07 Å². The zero-order valence-electron chi connectivity index (χ0n) is 21.8. The quantitative estimate of drug-likeness (QED) is 0.294. The molecule has 8 nitrogen and oxygen atoms in total. The third-order valence-electron chi connectivity index (χ3n) is 6.86. The second-order valence-electron chi connectivity index (χ2n) is 9.94. The zero-order valence-corrected chi connectivity index (χ0v) is 21.8. The highest BCUT2D eigenvalue weighted by molar-refractivity contribution is 5.84. The molecule has 0 amide bonds. The fraction of sp³-hybridized carbons (Fsp3) is 0.200. The molecule has 6 aromatic rings. The van der Waals surface area contributed by atoms with Crippen molar-refractivity contribution in [1.29, 1.82) is 0 Å². The number of benzene rings is 2. The fourth-order valence-corrected chi connectivity index (χ4v) is 4.69. The van der Waals surface area contributed by atoms with Gasteiger partial charge in [0.25, 0.3) is 5.56 Å². The molecule has 4 aromatic heterocycles. The van der Waals surface area contributed by atoms with Crippen LogP contribution in [0.3, 0.4) is 0 Å². The lowest BCUT2D eigenvalue weighted by Gasteiger charge is -2.10. The van der Waals surface area contributed by atoms with Crippen molar-refractivity contribution >= 4 is 21.8 Å². The van der Waals surface area contributed by atoms with Crippen LogP contribution in [0, 0.1) is 5.82 Å². The number of hydrogen-bond donors (Lipinski definition) is 0. The third kappa shape index (κ3) is 5.21. The Balaban J connectivity index is 1.22. The molecule has 0 aliphatic carbocycles. The van der Waals surface area contributed by atoms with E-state index in [9.17, 15) is 9.18 Å². The zero-order chi connectivity index (χ0) is 26.9. The predicted molar refractivity (Wildman–Crippen MR) is 151 cm³/mol. The number of nitrogens with zero attached hydrogens (tertiary/aromatic N) is 7. The molecule has 0 bridgehead atoms. The normalized spacial score (nSPS) is 11.7. The van der Waals surface area contributed by atoms with Gasteiger partial charge in [0.2, 0.25) is 0 Å². The fourth-order valence-electron chi connectivity index (χ4n) is 4.69. The average molecular weight is 522 g/mol. The second-order valence-corrected chi connectivity index (χ2v) is 9.94. The van der Waals surface area contributed by atoms with Crippen molar-refractivity contribution in [3.8, 4) is 16.9 Å². The number of hydrogen-bond acceptors (Lipinski definition) is 5. The van der Waals surface area contributed by atoms with Crippen LogP contribution in [0.1, 0.15) is 5.56 Å². The minimum atomic E-state index is -0.317. The summed E-state index contributed by atoms with van der Waals surface area (Å²) in [4.78, 5) is 19.4. The van der Waals surface area contributed by atoms with E-state index in [1.165, 1.54) is 22.9 Å². The predicted octanol–water partition coefficient (Wildman–Crippen LogP) is 4.54. The maximum absolute atomic E-state index is 13.9. The van der Waals surface area contributed by atoms with Crippen molar-refractivity contribution in [3.63, 3.8) is 0 Å². The molecule has 0 aliphatic heterocycles. The first-order chi connectivity index (χ1) is 18.9. The number of pyridine rings is 1. The Labute approximate surface area is 224 Å². The van der Waals surface area contributed by atoms with Gasteiger partial charge in [0.1, 0.15) is 5.82 Å². The number of rotatable bonds is 8. The van der Waals surface area contributed by atoms with E-state index < -0.39 is 0 Å². The molecule has 0 atom stereocenters. The summed E-state index contributed by atoms with van der Waals surface area (Å²) in [5, 5.41) is 11.0. The van der Waals surface area contributed by atoms with Crippen LogP contribution in [0.25, 0.3) is 38.8 Å². The van der Waals surface area contributed by atoms with Crippen molar-refractivity contribution in [1.82, 2.24) is 34.0 Å². The van der Waals surface area contributed by atoms with Gasteiger partial charge in [-0.25, -0.2) is 9.07 Å². The first kappa shape index (κ1) is 24.7. The molecule has 196 valence electrons. The van der Waals surface area contributed by atoms with Gasteiger partial charge in [0.05, 0.1) is 23.8 Å². The molecule has 4 heterocycles. The highest BCUT2D eigenvalue weighted by atomic mass is 19.1. The maximum Gasteiger partial charge on any atom is 0.266 e. The van der Waals surface area contributed by atoms with Crippen LogP contribution in [0.15, 0.2) is 90.2 Å². The lowest BCUT2D eigenvalue weighted by molar-refractivity contribution is 0.373. The molecule has 2 aromatic carbocycles. The standard InChI is InChI=1S/C30H28FN7O/c1-35(2)13-14-36-20-25(19-33-36)24-16-23-15-21(3-6-27(23)32-18-24)9-12-38-30(39)8-7-29(34-38)37-11-10-22-4-5-26(31)17-28(22)37/h3-8,10-11,15-20H,9,12-14H2,1-2H3. The molecule has 39 heavy (non-hydrogen) atoms. The van der Waals surface area contributed by atoms with Gasteiger partial charge >= 0.3 is 0 Å². The van der Waals surface area contributed by atoms with Crippen LogP contribution >= 0.6 is 0 Å². The summed E-state index contributed by atoms with van der Waals surface area (Å²) in [6, 6.07) is 18.0. The molecule has 0 radical (unpaired) electrons. The monoisotopic (exact) mass is 521 g/mol. The van der Waals surface area contributed by atoms with E-state index in [0.29, 0.717) is 24.3 Å². The molecular weight excluding hydrogens is 493 g/mol. The van der Waals surface area contributed by atoms with E-state index in [-0.39, 0.29) is 11.4 Å². The van der Waals surface area contributed by atoms with Gasteiger partial charge in [0.15, 0.2) is 5.82 Å². The highest BCUT2D eigenvalue weighted by Crippen LogP contribution is 2.24. The smallest absolute Gasteiger partial charge is 0.266 e. The first-order valence-electron chi connectivity index (χ1n) is 12.8. The molecule has 0 saturated heterocycles. The van der Waals surface area contributed by atoms with Crippen molar-refractivity contribution < 1.29 is 4.39 Å². The van der Waals surface area contributed by atoms with Crippen LogP contribution in [0.5, 0.6) is 0 Å². The minimum absolute atomic E-state index is 0.183. The average Bonchev–Trinajstić information content (AvgIpc) is 3.58. The molecule has 0 saturated carbocycles. The Hall–Kier alpha value is -4.63. The van der Waals surface area contributed by atoms with Crippen molar-refractivity contribution in [2.24, 2.45) is 0 Å². The van der Waals surface area contributed by atoms with E-state index in [4.69, 9.17) is 0 Å². The summed E-state index contributed by atoms with van der Waals surface area (Å²) in [6.07, 6.45) is 8.25. The summed E-state index contributed by atoms with van der Waals surface area (Å²) in [6.45, 7) is 2.16. The third-order valence-corrected chi connectivity index (χ3v) is 6.86. The minimum Gasteiger partial charge on any atom is -0.308 e. The Morgan fingerprint density at radius 2 is 1.79 bits per heavy atom. The van der Waals surface area contributed by atoms with Gasteiger partial charge in [0, 0.05) is 59.6 Å². The first-order valence-corrected chi connectivity index (χ1v) is 12.8. The largest absolute Gasteiger partial charge is 0.308 e. The van der Waals surface area contributed by atoms with Gasteiger partial charge in [-0.3, -0.25) is 19.0 Å². The van der Waals surface area contributed by atoms with Crippen LogP contribution < -0.4 is 5.56 Å². The van der Waals surface area contributed by atoms with Crippen molar-refractivity contribution in [2.45, 2.75) is 19.5 Å². The maximum atomic E-state index is 13.9. The number of likely N-dealkylation sites (N-methyl/N-ethyl adjacent to an activating group) is 1. The van der Waals surface area contributed by atoms with Crippen molar-refractivity contribution in [2.75, 3.05) is 20.6 Å². The highest BCUT2D eigenvalue weighted by Gasteiger charge is 2.09. The van der Waals surface area contributed by atoms with Gasteiger partial charge in [-0.05, 0) is 74.6 Å². The van der Waals surface area contributed by atoms with E-state index in [1.54, 1.807) is 16.7 Å². The van der Waals surface area contributed by atoms with E-state index in [0.717, 1.165) is 46.1 Å². The Bertz CT molecular complexity index is 1850. The number of halogens is 1. The van der Waals surface area contributed by atoms with Gasteiger partial charge < -0.3 is 4.90 Å². The Morgan fingerprint density at radius 1 is 0.897 bits per heavy atom. The van der Waals surface area contributed by atoms with E-state index >= 15 is 0 Å². The summed E-state index contributed by atoms with van der Waals surface area (Å²) < 4.78 is 19.1. The molecule has 0 N–H and O–H groups in total.